The van der Waals surface area contributed by atoms with E-state index in [-0.39, 0.29) is 0 Å². The van der Waals surface area contributed by atoms with Crippen molar-refractivity contribution in [2.75, 3.05) is 33.4 Å². The van der Waals surface area contributed by atoms with Crippen LogP contribution in [0.4, 0.5) is 0 Å². The molecule has 2 aliphatic heterocycles. The number of hydrogen-bond donors (Lipinski definition) is 1. The molecule has 0 radical (unpaired) electrons. The summed E-state index contributed by atoms with van der Waals surface area (Å²) >= 11 is 0. The molecule has 2 saturated heterocycles. The van der Waals surface area contributed by atoms with Gasteiger partial charge in [0.15, 0.2) is 0 Å². The van der Waals surface area contributed by atoms with Crippen molar-refractivity contribution in [1.82, 2.24) is 10.2 Å². The van der Waals surface area contributed by atoms with E-state index in [1.54, 1.807) is 0 Å². The molecule has 2 fully saturated rings. The summed E-state index contributed by atoms with van der Waals surface area (Å²) in [6, 6.07) is 1.42. The van der Waals surface area contributed by atoms with Crippen LogP contribution in [0.2, 0.25) is 0 Å². The summed E-state index contributed by atoms with van der Waals surface area (Å²) in [5.41, 5.74) is 0. The van der Waals surface area contributed by atoms with Gasteiger partial charge >= 0.3 is 0 Å². The largest absolute Gasteiger partial charge is 0.380 e. The first-order valence-electron chi connectivity index (χ1n) is 4.89. The number of likely N-dealkylation sites (N-methyl/N-ethyl adjacent to an activating group) is 1. The molecule has 3 heteroatoms. The van der Waals surface area contributed by atoms with Gasteiger partial charge in [-0.1, -0.05) is 0 Å². The van der Waals surface area contributed by atoms with Crippen LogP contribution in [-0.4, -0.2) is 50.3 Å². The molecule has 2 atom stereocenters. The molecule has 2 rings (SSSR count). The Labute approximate surface area is 74.1 Å². The Kier molecular flexibility index (Phi) is 2.63. The summed E-state index contributed by atoms with van der Waals surface area (Å²) in [6.07, 6.45) is 2.53. The first-order chi connectivity index (χ1) is 5.90. The van der Waals surface area contributed by atoms with Crippen LogP contribution >= 0.6 is 0 Å². The smallest absolute Gasteiger partial charge is 0.0622 e. The SMILES string of the molecule is CNC1CCN(C2CCOC2)C1. The van der Waals surface area contributed by atoms with Gasteiger partial charge in [0.2, 0.25) is 0 Å². The first kappa shape index (κ1) is 8.48. The minimum atomic E-state index is 0.711. The van der Waals surface area contributed by atoms with Crippen molar-refractivity contribution in [1.29, 1.82) is 0 Å². The maximum Gasteiger partial charge on any atom is 0.0622 e. The van der Waals surface area contributed by atoms with Crippen molar-refractivity contribution in [3.8, 4) is 0 Å². The molecule has 0 aliphatic carbocycles. The first-order valence-corrected chi connectivity index (χ1v) is 4.89. The van der Waals surface area contributed by atoms with Crippen LogP contribution in [0, 0.1) is 0 Å². The zero-order valence-corrected chi connectivity index (χ0v) is 7.75. The van der Waals surface area contributed by atoms with E-state index in [0.29, 0.717) is 12.1 Å². The molecule has 0 aromatic heterocycles. The molecule has 1 N–H and O–H groups in total. The molecule has 0 aromatic carbocycles. The molecule has 12 heavy (non-hydrogen) atoms. The van der Waals surface area contributed by atoms with Crippen LogP contribution in [0.3, 0.4) is 0 Å². The minimum Gasteiger partial charge on any atom is -0.380 e. The molecule has 0 saturated carbocycles. The number of nitrogens with zero attached hydrogens (tertiary/aromatic N) is 1. The van der Waals surface area contributed by atoms with Gasteiger partial charge in [-0.3, -0.25) is 4.90 Å². The van der Waals surface area contributed by atoms with Gasteiger partial charge in [0.05, 0.1) is 6.61 Å². The maximum atomic E-state index is 5.38. The van der Waals surface area contributed by atoms with Gasteiger partial charge in [-0.05, 0) is 19.9 Å². The van der Waals surface area contributed by atoms with Crippen molar-refractivity contribution in [3.05, 3.63) is 0 Å². The second-order valence-electron chi connectivity index (χ2n) is 3.79. The molecule has 70 valence electrons. The van der Waals surface area contributed by atoms with Crippen molar-refractivity contribution >= 4 is 0 Å². The fourth-order valence-electron chi connectivity index (χ4n) is 2.16. The Bertz CT molecular complexity index is 145. The third-order valence-electron chi connectivity index (χ3n) is 3.05. The van der Waals surface area contributed by atoms with Gasteiger partial charge in [0, 0.05) is 31.8 Å². The molecular weight excluding hydrogens is 152 g/mol. The van der Waals surface area contributed by atoms with E-state index in [1.165, 1.54) is 25.9 Å². The number of ether oxygens (including phenoxy) is 1. The summed E-state index contributed by atoms with van der Waals surface area (Å²) in [6.45, 7) is 4.38. The predicted molar refractivity (Wildman–Crippen MR) is 48.3 cm³/mol. The standard InChI is InChI=1S/C9H18N2O/c1-10-8-2-4-11(6-8)9-3-5-12-7-9/h8-10H,2-7H2,1H3. The summed E-state index contributed by atoms with van der Waals surface area (Å²) in [7, 11) is 2.05. The molecule has 0 bridgehead atoms. The lowest BCUT2D eigenvalue weighted by Gasteiger charge is -2.21. The highest BCUT2D eigenvalue weighted by Crippen LogP contribution is 2.18. The molecule has 0 spiro atoms. The van der Waals surface area contributed by atoms with Crippen molar-refractivity contribution in [3.63, 3.8) is 0 Å². The van der Waals surface area contributed by atoms with Gasteiger partial charge in [-0.15, -0.1) is 0 Å². The second-order valence-corrected chi connectivity index (χ2v) is 3.79. The van der Waals surface area contributed by atoms with Crippen LogP contribution < -0.4 is 5.32 Å². The van der Waals surface area contributed by atoms with E-state index < -0.39 is 0 Å². The summed E-state index contributed by atoms with van der Waals surface area (Å²) in [5.74, 6) is 0. The van der Waals surface area contributed by atoms with Crippen molar-refractivity contribution in [2.24, 2.45) is 0 Å². The molecule has 2 unspecified atom stereocenters. The Morgan fingerprint density at radius 2 is 2.33 bits per heavy atom. The van der Waals surface area contributed by atoms with Crippen molar-refractivity contribution in [2.45, 2.75) is 24.9 Å². The predicted octanol–water partition coefficient (Wildman–Crippen LogP) is 0.0690. The Morgan fingerprint density at radius 1 is 1.42 bits per heavy atom. The average molecular weight is 170 g/mol. The molecule has 2 aliphatic rings. The third kappa shape index (κ3) is 1.63. The lowest BCUT2D eigenvalue weighted by Crippen LogP contribution is -2.36. The monoisotopic (exact) mass is 170 g/mol. The van der Waals surface area contributed by atoms with Crippen LogP contribution in [0.1, 0.15) is 12.8 Å². The summed E-state index contributed by atoms with van der Waals surface area (Å²) in [5, 5.41) is 3.33. The zero-order valence-electron chi connectivity index (χ0n) is 7.75. The van der Waals surface area contributed by atoms with E-state index in [2.05, 4.69) is 17.3 Å². The van der Waals surface area contributed by atoms with Gasteiger partial charge in [-0.25, -0.2) is 0 Å². The number of likely N-dealkylation sites (tertiary alicyclic amines) is 1. The van der Waals surface area contributed by atoms with Gasteiger partial charge in [-0.2, -0.15) is 0 Å². The highest BCUT2D eigenvalue weighted by Gasteiger charge is 2.29. The Balaban J connectivity index is 1.81. The lowest BCUT2D eigenvalue weighted by atomic mass is 10.2. The van der Waals surface area contributed by atoms with E-state index >= 15 is 0 Å². The fraction of sp³-hybridized carbons (Fsp3) is 1.00. The van der Waals surface area contributed by atoms with Crippen molar-refractivity contribution < 1.29 is 4.74 Å². The van der Waals surface area contributed by atoms with Gasteiger partial charge in [0.25, 0.3) is 0 Å². The van der Waals surface area contributed by atoms with Gasteiger partial charge < -0.3 is 10.1 Å². The number of hydrogen-bond acceptors (Lipinski definition) is 3. The molecule has 0 amide bonds. The normalized spacial score (nSPS) is 37.8. The van der Waals surface area contributed by atoms with E-state index in [9.17, 15) is 0 Å². The number of rotatable bonds is 2. The average Bonchev–Trinajstić information content (AvgIpc) is 2.75. The minimum absolute atomic E-state index is 0.711. The number of nitrogens with one attached hydrogen (secondary N) is 1. The van der Waals surface area contributed by atoms with E-state index in [1.807, 2.05) is 0 Å². The summed E-state index contributed by atoms with van der Waals surface area (Å²) < 4.78 is 5.38. The van der Waals surface area contributed by atoms with Crippen LogP contribution in [0.5, 0.6) is 0 Å². The van der Waals surface area contributed by atoms with Crippen LogP contribution in [0.25, 0.3) is 0 Å². The highest BCUT2D eigenvalue weighted by molar-refractivity contribution is 4.86. The summed E-state index contributed by atoms with van der Waals surface area (Å²) in [4.78, 5) is 2.56. The molecule has 0 aromatic rings. The fourth-order valence-corrected chi connectivity index (χ4v) is 2.16. The Hall–Kier alpha value is -0.120. The molecule has 2 heterocycles. The van der Waals surface area contributed by atoms with Crippen LogP contribution in [0.15, 0.2) is 0 Å². The van der Waals surface area contributed by atoms with E-state index in [4.69, 9.17) is 4.74 Å². The maximum absolute atomic E-state index is 5.38. The molecular formula is C9H18N2O. The Morgan fingerprint density at radius 3 is 2.92 bits per heavy atom. The highest BCUT2D eigenvalue weighted by atomic mass is 16.5. The zero-order chi connectivity index (χ0) is 8.39. The second kappa shape index (κ2) is 3.73. The quantitative estimate of drug-likeness (QED) is 0.634. The van der Waals surface area contributed by atoms with Crippen LogP contribution in [-0.2, 0) is 4.74 Å². The lowest BCUT2D eigenvalue weighted by molar-refractivity contribution is 0.157. The third-order valence-corrected chi connectivity index (χ3v) is 3.05. The topological polar surface area (TPSA) is 24.5 Å². The molecule has 3 nitrogen and oxygen atoms in total. The van der Waals surface area contributed by atoms with Gasteiger partial charge in [0.1, 0.15) is 0 Å². The van der Waals surface area contributed by atoms with E-state index in [0.717, 1.165) is 13.2 Å².